The van der Waals surface area contributed by atoms with Gasteiger partial charge in [-0.2, -0.15) is 13.2 Å². The number of nitrogens with one attached hydrogen (secondary N) is 1. The average Bonchev–Trinajstić information content (AvgIpc) is 2.83. The fraction of sp³-hybridized carbons (Fsp3) is 0.400. The van der Waals surface area contributed by atoms with Gasteiger partial charge in [0.15, 0.2) is 0 Å². The summed E-state index contributed by atoms with van der Waals surface area (Å²) in [5.41, 5.74) is -0.352. The molecule has 0 aliphatic carbocycles. The number of hydrogen-bond donors (Lipinski definition) is 1. The summed E-state index contributed by atoms with van der Waals surface area (Å²) < 4.78 is 40.7. The molecule has 0 aliphatic rings. The van der Waals surface area contributed by atoms with Crippen molar-refractivity contribution in [2.45, 2.75) is 39.2 Å². The van der Waals surface area contributed by atoms with Gasteiger partial charge >= 0.3 is 6.18 Å². The molecule has 1 heterocycles. The second-order valence-electron chi connectivity index (χ2n) is 5.16. The molecule has 2 aromatic rings. The van der Waals surface area contributed by atoms with Gasteiger partial charge in [-0.05, 0) is 11.6 Å². The lowest BCUT2D eigenvalue weighted by molar-refractivity contribution is -0.138. The van der Waals surface area contributed by atoms with Crippen LogP contribution in [0.4, 0.5) is 13.2 Å². The summed E-state index contributed by atoms with van der Waals surface area (Å²) >= 11 is 0. The predicted molar refractivity (Wildman–Crippen MR) is 74.7 cm³/mol. The highest BCUT2D eigenvalue weighted by atomic mass is 19.4. The third-order valence-corrected chi connectivity index (χ3v) is 3.13. The normalized spacial score (nSPS) is 12.1. The van der Waals surface area contributed by atoms with Gasteiger partial charge in [0.25, 0.3) is 0 Å². The van der Waals surface area contributed by atoms with E-state index in [9.17, 15) is 13.2 Å². The second kappa shape index (κ2) is 6.30. The molecule has 0 saturated carbocycles. The molecule has 1 aromatic heterocycles. The number of nitrogens with zero attached hydrogens (tertiary/aromatic N) is 2. The number of imidazole rings is 1. The average molecular weight is 297 g/mol. The second-order valence-corrected chi connectivity index (χ2v) is 5.16. The van der Waals surface area contributed by atoms with Crippen molar-refractivity contribution in [2.75, 3.05) is 0 Å². The minimum Gasteiger partial charge on any atom is -0.329 e. The molecular formula is C15H18F3N3. The Bertz CT molecular complexity index is 588. The highest BCUT2D eigenvalue weighted by molar-refractivity contribution is 5.30. The number of alkyl halides is 3. The van der Waals surface area contributed by atoms with Crippen molar-refractivity contribution in [3.05, 3.63) is 53.6 Å². The highest BCUT2D eigenvalue weighted by Crippen LogP contribution is 2.32. The molecule has 2 rings (SSSR count). The first-order valence-corrected chi connectivity index (χ1v) is 6.76. The lowest BCUT2D eigenvalue weighted by Gasteiger charge is -2.15. The number of aromatic nitrogens is 2. The van der Waals surface area contributed by atoms with Crippen LogP contribution in [0.5, 0.6) is 0 Å². The van der Waals surface area contributed by atoms with Crippen LogP contribution in [-0.2, 0) is 19.3 Å². The Morgan fingerprint density at radius 1 is 1.24 bits per heavy atom. The lowest BCUT2D eigenvalue weighted by atomic mass is 10.1. The third kappa shape index (κ3) is 4.07. The van der Waals surface area contributed by atoms with Gasteiger partial charge in [-0.3, -0.25) is 0 Å². The van der Waals surface area contributed by atoms with Crippen LogP contribution in [0, 0.1) is 0 Å². The number of rotatable bonds is 5. The molecule has 0 bridgehead atoms. The molecule has 6 heteroatoms. The molecule has 0 unspecified atom stereocenters. The summed E-state index contributed by atoms with van der Waals surface area (Å²) in [6.45, 7) is 4.70. The standard InChI is InChI=1S/C15H18F3N3/c1-11(2)20-9-14-19-7-8-21(14)10-12-5-3-4-6-13(12)15(16,17)18/h3-8,11,20H,9-10H2,1-2H3. The summed E-state index contributed by atoms with van der Waals surface area (Å²) in [4.78, 5) is 4.20. The smallest absolute Gasteiger partial charge is 0.329 e. The molecule has 0 radical (unpaired) electrons. The van der Waals surface area contributed by atoms with E-state index in [-0.39, 0.29) is 18.2 Å². The first-order valence-electron chi connectivity index (χ1n) is 6.76. The van der Waals surface area contributed by atoms with E-state index in [4.69, 9.17) is 0 Å². The van der Waals surface area contributed by atoms with Gasteiger partial charge < -0.3 is 9.88 Å². The van der Waals surface area contributed by atoms with Crippen LogP contribution in [0.15, 0.2) is 36.7 Å². The minimum absolute atomic E-state index is 0.158. The van der Waals surface area contributed by atoms with E-state index in [0.717, 1.165) is 11.9 Å². The Balaban J connectivity index is 2.22. The Morgan fingerprint density at radius 3 is 2.62 bits per heavy atom. The molecule has 1 aromatic carbocycles. The van der Waals surface area contributed by atoms with Crippen molar-refractivity contribution in [3.8, 4) is 0 Å². The van der Waals surface area contributed by atoms with Crippen LogP contribution in [0.3, 0.4) is 0 Å². The van der Waals surface area contributed by atoms with Crippen LogP contribution >= 0.6 is 0 Å². The van der Waals surface area contributed by atoms with Crippen LogP contribution in [-0.4, -0.2) is 15.6 Å². The summed E-state index contributed by atoms with van der Waals surface area (Å²) in [7, 11) is 0. The van der Waals surface area contributed by atoms with E-state index in [1.807, 2.05) is 13.8 Å². The van der Waals surface area contributed by atoms with Gasteiger partial charge in [0, 0.05) is 25.0 Å². The SMILES string of the molecule is CC(C)NCc1nccn1Cc1ccccc1C(F)(F)F. The van der Waals surface area contributed by atoms with Crippen molar-refractivity contribution in [2.24, 2.45) is 0 Å². The van der Waals surface area contributed by atoms with Crippen LogP contribution in [0.25, 0.3) is 0 Å². The van der Waals surface area contributed by atoms with E-state index >= 15 is 0 Å². The summed E-state index contributed by atoms with van der Waals surface area (Å²) in [5.74, 6) is 0.723. The summed E-state index contributed by atoms with van der Waals surface area (Å²) in [6, 6.07) is 5.92. The monoisotopic (exact) mass is 297 g/mol. The van der Waals surface area contributed by atoms with E-state index in [0.29, 0.717) is 6.54 Å². The van der Waals surface area contributed by atoms with Gasteiger partial charge in [-0.25, -0.2) is 4.98 Å². The molecule has 114 valence electrons. The molecule has 1 N–H and O–H groups in total. The zero-order valence-corrected chi connectivity index (χ0v) is 12.0. The van der Waals surface area contributed by atoms with Gasteiger partial charge in [-0.15, -0.1) is 0 Å². The molecule has 0 fully saturated rings. The molecule has 0 spiro atoms. The van der Waals surface area contributed by atoms with E-state index < -0.39 is 11.7 Å². The third-order valence-electron chi connectivity index (χ3n) is 3.13. The molecule has 0 aliphatic heterocycles. The highest BCUT2D eigenvalue weighted by Gasteiger charge is 2.32. The lowest BCUT2D eigenvalue weighted by Crippen LogP contribution is -2.24. The van der Waals surface area contributed by atoms with Crippen LogP contribution < -0.4 is 5.32 Å². The maximum absolute atomic E-state index is 13.0. The maximum Gasteiger partial charge on any atom is 0.416 e. The Labute approximate surface area is 121 Å². The van der Waals surface area contributed by atoms with E-state index in [2.05, 4.69) is 10.3 Å². The zero-order chi connectivity index (χ0) is 15.5. The number of hydrogen-bond acceptors (Lipinski definition) is 2. The van der Waals surface area contributed by atoms with Crippen LogP contribution in [0.2, 0.25) is 0 Å². The molecule has 21 heavy (non-hydrogen) atoms. The van der Waals surface area contributed by atoms with Gasteiger partial charge in [-0.1, -0.05) is 32.0 Å². The van der Waals surface area contributed by atoms with E-state index in [1.165, 1.54) is 12.1 Å². The maximum atomic E-state index is 13.0. The van der Waals surface area contributed by atoms with Gasteiger partial charge in [0.05, 0.1) is 12.1 Å². The van der Waals surface area contributed by atoms with Crippen molar-refractivity contribution in [3.63, 3.8) is 0 Å². The molecule has 3 nitrogen and oxygen atoms in total. The van der Waals surface area contributed by atoms with Gasteiger partial charge in [0.2, 0.25) is 0 Å². The van der Waals surface area contributed by atoms with Crippen molar-refractivity contribution in [1.29, 1.82) is 0 Å². The molecular weight excluding hydrogens is 279 g/mol. The summed E-state index contributed by atoms with van der Waals surface area (Å²) in [6.07, 6.45) is -1.04. The van der Waals surface area contributed by atoms with Crippen molar-refractivity contribution in [1.82, 2.24) is 14.9 Å². The summed E-state index contributed by atoms with van der Waals surface area (Å²) in [5, 5.41) is 3.21. The van der Waals surface area contributed by atoms with E-state index in [1.54, 1.807) is 23.0 Å². The first-order chi connectivity index (χ1) is 9.88. The van der Waals surface area contributed by atoms with Crippen LogP contribution in [0.1, 0.15) is 30.8 Å². The number of benzene rings is 1. The van der Waals surface area contributed by atoms with Crippen molar-refractivity contribution >= 4 is 0 Å². The Kier molecular flexibility index (Phi) is 4.67. The topological polar surface area (TPSA) is 29.9 Å². The number of halogens is 3. The Hall–Kier alpha value is -1.82. The fourth-order valence-electron chi connectivity index (χ4n) is 2.06. The predicted octanol–water partition coefficient (Wildman–Crippen LogP) is 3.45. The molecule has 0 amide bonds. The minimum atomic E-state index is -4.34. The fourth-order valence-corrected chi connectivity index (χ4v) is 2.06. The zero-order valence-electron chi connectivity index (χ0n) is 12.0. The molecule has 0 atom stereocenters. The quantitative estimate of drug-likeness (QED) is 0.916. The Morgan fingerprint density at radius 2 is 1.95 bits per heavy atom. The largest absolute Gasteiger partial charge is 0.416 e. The first kappa shape index (κ1) is 15.6. The van der Waals surface area contributed by atoms with Gasteiger partial charge in [0.1, 0.15) is 5.82 Å². The molecule has 0 saturated heterocycles. The van der Waals surface area contributed by atoms with Crippen molar-refractivity contribution < 1.29 is 13.2 Å².